The Labute approximate surface area is 175 Å². The Bertz CT molecular complexity index is 756. The van der Waals surface area contributed by atoms with Gasteiger partial charge in [0.25, 0.3) is 0 Å². The monoisotopic (exact) mass is 427 g/mol. The summed E-state index contributed by atoms with van der Waals surface area (Å²) in [6.07, 6.45) is -1.28. The van der Waals surface area contributed by atoms with E-state index in [0.717, 1.165) is 16.8 Å². The van der Waals surface area contributed by atoms with Crippen LogP contribution in [-0.2, 0) is 4.74 Å². The zero-order valence-corrected chi connectivity index (χ0v) is 18.0. The van der Waals surface area contributed by atoms with Crippen molar-refractivity contribution < 1.29 is 4.74 Å². The molecule has 2 unspecified atom stereocenters. The molecule has 0 saturated carbocycles. The third-order valence-electron chi connectivity index (χ3n) is 3.93. The van der Waals surface area contributed by atoms with Crippen molar-refractivity contribution in [1.29, 1.82) is 0 Å². The molecule has 2 rings (SSSR count). The SMILES string of the molecule is COC(NC(N=C(C)Nc1ccc(C)cc1)C(Cl)(Cl)Cl)c1ccc(C)cc1. The normalized spacial score (nSPS) is 14.7. The van der Waals surface area contributed by atoms with Gasteiger partial charge in [-0.3, -0.25) is 5.32 Å². The molecule has 27 heavy (non-hydrogen) atoms. The highest BCUT2D eigenvalue weighted by atomic mass is 35.6. The van der Waals surface area contributed by atoms with Crippen molar-refractivity contribution in [2.24, 2.45) is 4.99 Å². The number of hydrogen-bond donors (Lipinski definition) is 2. The molecule has 2 aromatic carbocycles. The number of amidine groups is 1. The summed E-state index contributed by atoms with van der Waals surface area (Å²) in [4.78, 5) is 4.51. The van der Waals surface area contributed by atoms with Gasteiger partial charge < -0.3 is 10.1 Å². The number of anilines is 1. The predicted octanol–water partition coefficient (Wildman–Crippen LogP) is 5.76. The minimum absolute atomic E-state index is 0.470. The second-order valence-electron chi connectivity index (χ2n) is 6.34. The number of nitrogens with zero attached hydrogens (tertiary/aromatic N) is 1. The van der Waals surface area contributed by atoms with Crippen LogP contribution in [0.4, 0.5) is 5.69 Å². The summed E-state index contributed by atoms with van der Waals surface area (Å²) in [5, 5.41) is 6.36. The van der Waals surface area contributed by atoms with Gasteiger partial charge in [0.2, 0.25) is 3.79 Å². The van der Waals surface area contributed by atoms with Crippen molar-refractivity contribution in [1.82, 2.24) is 5.32 Å². The number of aryl methyl sites for hydroxylation is 2. The Morgan fingerprint density at radius 3 is 1.96 bits per heavy atom. The number of benzene rings is 2. The number of aliphatic imine (C=N–C) groups is 1. The van der Waals surface area contributed by atoms with Crippen molar-refractivity contribution >= 4 is 46.3 Å². The van der Waals surface area contributed by atoms with Gasteiger partial charge in [0.15, 0.2) is 6.17 Å². The molecule has 0 fully saturated rings. The highest BCUT2D eigenvalue weighted by Crippen LogP contribution is 2.33. The van der Waals surface area contributed by atoms with E-state index in [1.807, 2.05) is 69.3 Å². The van der Waals surface area contributed by atoms with Crippen LogP contribution in [0.2, 0.25) is 0 Å². The molecule has 2 N–H and O–H groups in total. The number of alkyl halides is 3. The van der Waals surface area contributed by atoms with Crippen molar-refractivity contribution in [2.75, 3.05) is 12.4 Å². The van der Waals surface area contributed by atoms with Gasteiger partial charge in [-0.25, -0.2) is 4.99 Å². The van der Waals surface area contributed by atoms with E-state index in [9.17, 15) is 0 Å². The van der Waals surface area contributed by atoms with E-state index in [-0.39, 0.29) is 0 Å². The molecule has 0 radical (unpaired) electrons. The summed E-state index contributed by atoms with van der Waals surface area (Å²) in [5.74, 6) is 0.612. The van der Waals surface area contributed by atoms with Crippen LogP contribution in [-0.4, -0.2) is 22.9 Å². The summed E-state index contributed by atoms with van der Waals surface area (Å²) in [5.41, 5.74) is 4.16. The van der Waals surface area contributed by atoms with Crippen LogP contribution < -0.4 is 10.6 Å². The first-order chi connectivity index (χ1) is 12.7. The predicted molar refractivity (Wildman–Crippen MR) is 116 cm³/mol. The maximum atomic E-state index is 6.16. The molecule has 2 atom stereocenters. The minimum Gasteiger partial charge on any atom is -0.362 e. The van der Waals surface area contributed by atoms with Gasteiger partial charge in [-0.2, -0.15) is 0 Å². The summed E-state index contributed by atoms with van der Waals surface area (Å²) < 4.78 is 3.88. The molecule has 0 amide bonds. The first kappa shape index (κ1) is 22.0. The summed E-state index contributed by atoms with van der Waals surface area (Å²) >= 11 is 18.5. The van der Waals surface area contributed by atoms with Crippen LogP contribution in [0.3, 0.4) is 0 Å². The standard InChI is InChI=1S/C20H24Cl3N3O/c1-13-5-9-16(10-6-13)18(27-4)26-19(20(21,22)23)25-15(3)24-17-11-7-14(2)8-12-17/h5-12,18-19,26H,1-4H3,(H,24,25). The lowest BCUT2D eigenvalue weighted by molar-refractivity contribution is 0.0638. The van der Waals surface area contributed by atoms with Crippen molar-refractivity contribution in [3.63, 3.8) is 0 Å². The van der Waals surface area contributed by atoms with E-state index in [4.69, 9.17) is 39.5 Å². The Morgan fingerprint density at radius 2 is 1.48 bits per heavy atom. The van der Waals surface area contributed by atoms with E-state index in [1.165, 1.54) is 5.56 Å². The van der Waals surface area contributed by atoms with Gasteiger partial charge in [0.05, 0.1) is 5.84 Å². The van der Waals surface area contributed by atoms with Crippen LogP contribution >= 0.6 is 34.8 Å². The van der Waals surface area contributed by atoms with Gasteiger partial charge in [0, 0.05) is 12.8 Å². The van der Waals surface area contributed by atoms with Crippen LogP contribution in [0.1, 0.15) is 29.8 Å². The van der Waals surface area contributed by atoms with Gasteiger partial charge in [-0.1, -0.05) is 82.3 Å². The molecular weight excluding hydrogens is 405 g/mol. The molecular formula is C20H24Cl3N3O. The molecule has 0 saturated heterocycles. The van der Waals surface area contributed by atoms with Gasteiger partial charge in [-0.05, 0) is 38.5 Å². The molecule has 0 aromatic heterocycles. The number of methoxy groups -OCH3 is 1. The highest BCUT2D eigenvalue weighted by Gasteiger charge is 2.34. The summed E-state index contributed by atoms with van der Waals surface area (Å²) in [6.45, 7) is 5.87. The van der Waals surface area contributed by atoms with Crippen molar-refractivity contribution in [2.45, 2.75) is 37.0 Å². The number of ether oxygens (including phenoxy) is 1. The maximum absolute atomic E-state index is 6.16. The molecule has 0 bridgehead atoms. The van der Waals surface area contributed by atoms with Crippen molar-refractivity contribution in [3.05, 3.63) is 65.2 Å². The van der Waals surface area contributed by atoms with E-state index >= 15 is 0 Å². The van der Waals surface area contributed by atoms with Crippen LogP contribution in [0, 0.1) is 13.8 Å². The lowest BCUT2D eigenvalue weighted by Crippen LogP contribution is -2.42. The highest BCUT2D eigenvalue weighted by molar-refractivity contribution is 6.68. The first-order valence-electron chi connectivity index (χ1n) is 8.49. The number of rotatable bonds is 6. The fourth-order valence-electron chi connectivity index (χ4n) is 2.46. The molecule has 7 heteroatoms. The maximum Gasteiger partial charge on any atom is 0.225 e. The van der Waals surface area contributed by atoms with Crippen LogP contribution in [0.5, 0.6) is 0 Å². The lowest BCUT2D eigenvalue weighted by Gasteiger charge is -2.28. The van der Waals surface area contributed by atoms with Crippen LogP contribution in [0.15, 0.2) is 53.5 Å². The van der Waals surface area contributed by atoms with E-state index in [1.54, 1.807) is 7.11 Å². The van der Waals surface area contributed by atoms with Crippen LogP contribution in [0.25, 0.3) is 0 Å². The van der Waals surface area contributed by atoms with Gasteiger partial charge in [0.1, 0.15) is 6.23 Å². The fraction of sp³-hybridized carbons (Fsp3) is 0.350. The average molecular weight is 429 g/mol. The minimum atomic E-state index is -1.66. The third-order valence-corrected chi connectivity index (χ3v) is 4.55. The van der Waals surface area contributed by atoms with E-state index < -0.39 is 16.2 Å². The van der Waals surface area contributed by atoms with Crippen molar-refractivity contribution in [3.8, 4) is 0 Å². The van der Waals surface area contributed by atoms with Gasteiger partial charge in [-0.15, -0.1) is 0 Å². The number of nitrogens with one attached hydrogen (secondary N) is 2. The van der Waals surface area contributed by atoms with E-state index in [2.05, 4.69) is 15.6 Å². The molecule has 2 aromatic rings. The Kier molecular flexibility index (Phi) is 7.95. The molecule has 0 heterocycles. The number of hydrogen-bond acceptors (Lipinski definition) is 3. The second-order valence-corrected chi connectivity index (χ2v) is 8.71. The zero-order chi connectivity index (χ0) is 20.0. The topological polar surface area (TPSA) is 45.6 Å². The Hall–Kier alpha value is -1.30. The van der Waals surface area contributed by atoms with E-state index in [0.29, 0.717) is 5.84 Å². The first-order valence-corrected chi connectivity index (χ1v) is 9.62. The third kappa shape index (κ3) is 6.98. The zero-order valence-electron chi connectivity index (χ0n) is 15.8. The fourth-order valence-corrected chi connectivity index (χ4v) is 2.80. The molecule has 0 aliphatic carbocycles. The summed E-state index contributed by atoms with van der Waals surface area (Å²) in [7, 11) is 1.59. The Morgan fingerprint density at radius 1 is 0.963 bits per heavy atom. The molecule has 0 aliphatic heterocycles. The average Bonchev–Trinajstić information content (AvgIpc) is 2.60. The Balaban J connectivity index is 2.18. The second kappa shape index (κ2) is 9.76. The lowest BCUT2D eigenvalue weighted by atomic mass is 10.1. The molecule has 4 nitrogen and oxygen atoms in total. The largest absolute Gasteiger partial charge is 0.362 e. The summed E-state index contributed by atoms with van der Waals surface area (Å²) in [6, 6.07) is 15.9. The quantitative estimate of drug-likeness (QED) is 0.266. The smallest absolute Gasteiger partial charge is 0.225 e. The van der Waals surface area contributed by atoms with Gasteiger partial charge >= 0.3 is 0 Å². The molecule has 0 aliphatic rings. The molecule has 146 valence electrons. The number of halogens is 3. The molecule has 0 spiro atoms.